The number of imidazole rings is 1. The van der Waals surface area contributed by atoms with Gasteiger partial charge >= 0.3 is 0 Å². The van der Waals surface area contributed by atoms with E-state index in [1.165, 1.54) is 25.7 Å². The van der Waals surface area contributed by atoms with Gasteiger partial charge in [0.2, 0.25) is 0 Å². The lowest BCUT2D eigenvalue weighted by Gasteiger charge is -2.41. The van der Waals surface area contributed by atoms with Gasteiger partial charge in [-0.15, -0.1) is 0 Å². The van der Waals surface area contributed by atoms with Crippen molar-refractivity contribution in [2.75, 3.05) is 0 Å². The average molecular weight is 281 g/mol. The number of para-hydroxylation sites is 1. The Labute approximate surface area is 117 Å². The minimum absolute atomic E-state index is 0.437. The van der Waals surface area contributed by atoms with Crippen LogP contribution in [0.25, 0.3) is 11.0 Å². The highest BCUT2D eigenvalue weighted by atomic mass is 35.5. The molecule has 18 heavy (non-hydrogen) atoms. The molecule has 1 aliphatic rings. The summed E-state index contributed by atoms with van der Waals surface area (Å²) in [5.41, 5.74) is 2.54. The summed E-state index contributed by atoms with van der Waals surface area (Å²) in [7, 11) is 0. The molecule has 0 atom stereocenters. The number of rotatable bonds is 3. The largest absolute Gasteiger partial charge is 0.331 e. The van der Waals surface area contributed by atoms with Gasteiger partial charge in [0.05, 0.1) is 16.1 Å². The Hall–Kier alpha value is -0.800. The molecule has 96 valence electrons. The van der Waals surface area contributed by atoms with Crippen LogP contribution in [0.2, 0.25) is 5.02 Å². The summed E-state index contributed by atoms with van der Waals surface area (Å²) in [4.78, 5) is 3.26. The second-order valence-electron chi connectivity index (χ2n) is 5.36. The number of nitrogens with one attached hydrogen (secondary N) is 1. The van der Waals surface area contributed by atoms with Crippen molar-refractivity contribution in [3.8, 4) is 0 Å². The van der Waals surface area contributed by atoms with E-state index in [2.05, 4.69) is 16.5 Å². The van der Waals surface area contributed by atoms with Gasteiger partial charge in [0.15, 0.2) is 4.77 Å². The molecule has 2 nitrogen and oxygen atoms in total. The first-order chi connectivity index (χ1) is 8.65. The lowest BCUT2D eigenvalue weighted by Crippen LogP contribution is -2.33. The Morgan fingerprint density at radius 2 is 2.22 bits per heavy atom. The van der Waals surface area contributed by atoms with Gasteiger partial charge < -0.3 is 9.55 Å². The van der Waals surface area contributed by atoms with Crippen LogP contribution in [0.5, 0.6) is 0 Å². The van der Waals surface area contributed by atoms with Crippen molar-refractivity contribution in [2.45, 2.75) is 39.2 Å². The second-order valence-corrected chi connectivity index (χ2v) is 6.15. The quantitative estimate of drug-likeness (QED) is 0.791. The Bertz CT molecular complexity index is 631. The molecule has 0 amide bonds. The smallest absolute Gasteiger partial charge is 0.178 e. The van der Waals surface area contributed by atoms with Gasteiger partial charge in [-0.3, -0.25) is 0 Å². The van der Waals surface area contributed by atoms with E-state index >= 15 is 0 Å². The van der Waals surface area contributed by atoms with Crippen LogP contribution in [0, 0.1) is 10.2 Å². The number of fused-ring (bicyclic) bond motifs is 1. The number of halogens is 1. The molecule has 1 N–H and O–H groups in total. The monoisotopic (exact) mass is 280 g/mol. The number of hydrogen-bond donors (Lipinski definition) is 1. The standard InChI is InChI=1S/C14H17ClN2S/c1-2-14(7-4-8-14)9-17-12-10(15)5-3-6-11(12)16-13(17)18/h3,5-6H,2,4,7-9H2,1H3,(H,16,18). The molecule has 0 radical (unpaired) electrons. The molecule has 2 aromatic rings. The number of nitrogens with zero attached hydrogens (tertiary/aromatic N) is 1. The first kappa shape index (κ1) is 12.2. The van der Waals surface area contributed by atoms with Crippen LogP contribution in [0.15, 0.2) is 18.2 Å². The predicted octanol–water partition coefficient (Wildman–Crippen LogP) is 4.93. The highest BCUT2D eigenvalue weighted by molar-refractivity contribution is 7.71. The summed E-state index contributed by atoms with van der Waals surface area (Å²) in [5, 5.41) is 0.783. The number of aromatic amines is 1. The van der Waals surface area contributed by atoms with Gasteiger partial charge in [0, 0.05) is 6.54 Å². The first-order valence-electron chi connectivity index (χ1n) is 6.52. The van der Waals surface area contributed by atoms with Crippen molar-refractivity contribution in [2.24, 2.45) is 5.41 Å². The van der Waals surface area contributed by atoms with Gasteiger partial charge in [-0.2, -0.15) is 0 Å². The molecule has 1 fully saturated rings. The highest BCUT2D eigenvalue weighted by Crippen LogP contribution is 2.45. The van der Waals surface area contributed by atoms with Gasteiger partial charge in [-0.05, 0) is 49.0 Å². The average Bonchev–Trinajstić information content (AvgIpc) is 2.61. The van der Waals surface area contributed by atoms with Crippen LogP contribution >= 0.6 is 23.8 Å². The molecule has 1 aromatic carbocycles. The Morgan fingerprint density at radius 1 is 1.44 bits per heavy atom. The molecule has 0 unspecified atom stereocenters. The zero-order valence-corrected chi connectivity index (χ0v) is 12.1. The molecule has 0 spiro atoms. The van der Waals surface area contributed by atoms with Gasteiger partial charge in [0.25, 0.3) is 0 Å². The lowest BCUT2D eigenvalue weighted by molar-refractivity contribution is 0.101. The van der Waals surface area contributed by atoms with Gasteiger partial charge in [-0.25, -0.2) is 0 Å². The molecular formula is C14H17ClN2S. The van der Waals surface area contributed by atoms with Crippen LogP contribution in [-0.2, 0) is 6.54 Å². The molecule has 1 heterocycles. The topological polar surface area (TPSA) is 20.7 Å². The van der Waals surface area contributed by atoms with E-state index < -0.39 is 0 Å². The zero-order valence-electron chi connectivity index (χ0n) is 10.5. The van der Waals surface area contributed by atoms with Gasteiger partial charge in [-0.1, -0.05) is 31.0 Å². The van der Waals surface area contributed by atoms with Crippen molar-refractivity contribution < 1.29 is 0 Å². The van der Waals surface area contributed by atoms with Crippen LogP contribution in [-0.4, -0.2) is 9.55 Å². The van der Waals surface area contributed by atoms with E-state index in [-0.39, 0.29) is 0 Å². The fourth-order valence-corrected chi connectivity index (χ4v) is 3.50. The SMILES string of the molecule is CCC1(Cn2c(=S)[nH]c3cccc(Cl)c32)CCC1. The summed E-state index contributed by atoms with van der Waals surface area (Å²) in [6, 6.07) is 5.93. The molecule has 0 aliphatic heterocycles. The normalized spacial score (nSPS) is 17.9. The third kappa shape index (κ3) is 1.81. The first-order valence-corrected chi connectivity index (χ1v) is 7.31. The summed E-state index contributed by atoms with van der Waals surface area (Å²) in [6.07, 6.45) is 5.17. The van der Waals surface area contributed by atoms with Crippen molar-refractivity contribution in [3.63, 3.8) is 0 Å². The maximum Gasteiger partial charge on any atom is 0.178 e. The minimum Gasteiger partial charge on any atom is -0.331 e. The van der Waals surface area contributed by atoms with E-state index in [1.54, 1.807) is 0 Å². The van der Waals surface area contributed by atoms with Crippen molar-refractivity contribution >= 4 is 34.9 Å². The molecule has 1 saturated carbocycles. The highest BCUT2D eigenvalue weighted by Gasteiger charge is 2.36. The summed E-state index contributed by atoms with van der Waals surface area (Å²) in [6.45, 7) is 3.27. The lowest BCUT2D eigenvalue weighted by atomic mass is 9.67. The Morgan fingerprint density at radius 3 is 2.83 bits per heavy atom. The molecule has 1 aliphatic carbocycles. The number of aromatic nitrogens is 2. The van der Waals surface area contributed by atoms with E-state index in [1.807, 2.05) is 18.2 Å². The molecule has 0 saturated heterocycles. The molecule has 4 heteroatoms. The van der Waals surface area contributed by atoms with E-state index in [0.29, 0.717) is 5.41 Å². The summed E-state index contributed by atoms with van der Waals surface area (Å²) >= 11 is 11.8. The fraction of sp³-hybridized carbons (Fsp3) is 0.500. The maximum atomic E-state index is 6.32. The number of hydrogen-bond acceptors (Lipinski definition) is 1. The number of benzene rings is 1. The van der Waals surface area contributed by atoms with Crippen molar-refractivity contribution in [3.05, 3.63) is 28.0 Å². The van der Waals surface area contributed by atoms with E-state index in [0.717, 1.165) is 27.4 Å². The Kier molecular flexibility index (Phi) is 2.99. The summed E-state index contributed by atoms with van der Waals surface area (Å²) < 4.78 is 2.98. The van der Waals surface area contributed by atoms with Crippen LogP contribution in [0.3, 0.4) is 0 Å². The number of H-pyrrole nitrogens is 1. The van der Waals surface area contributed by atoms with Gasteiger partial charge in [0.1, 0.15) is 0 Å². The van der Waals surface area contributed by atoms with Crippen LogP contribution in [0.4, 0.5) is 0 Å². The van der Waals surface area contributed by atoms with Crippen molar-refractivity contribution in [1.82, 2.24) is 9.55 Å². The maximum absolute atomic E-state index is 6.32. The minimum atomic E-state index is 0.437. The predicted molar refractivity (Wildman–Crippen MR) is 78.7 cm³/mol. The third-order valence-electron chi connectivity index (χ3n) is 4.40. The third-order valence-corrected chi connectivity index (χ3v) is 5.03. The van der Waals surface area contributed by atoms with Crippen molar-refractivity contribution in [1.29, 1.82) is 0 Å². The zero-order chi connectivity index (χ0) is 12.8. The molecule has 0 bridgehead atoms. The molecular weight excluding hydrogens is 264 g/mol. The fourth-order valence-electron chi connectivity index (χ4n) is 2.96. The molecule has 1 aromatic heterocycles. The summed E-state index contributed by atoms with van der Waals surface area (Å²) in [5.74, 6) is 0. The van der Waals surface area contributed by atoms with E-state index in [4.69, 9.17) is 23.8 Å². The molecule has 3 rings (SSSR count). The van der Waals surface area contributed by atoms with Crippen LogP contribution < -0.4 is 0 Å². The Balaban J connectivity index is 2.11. The van der Waals surface area contributed by atoms with E-state index in [9.17, 15) is 0 Å². The second kappa shape index (κ2) is 4.39. The van der Waals surface area contributed by atoms with Crippen LogP contribution in [0.1, 0.15) is 32.6 Å².